The molecule has 2 aliphatic rings. The Balaban J connectivity index is 1.61. The fourth-order valence-corrected chi connectivity index (χ4v) is 5.02. The van der Waals surface area contributed by atoms with E-state index in [4.69, 9.17) is 9.15 Å². The van der Waals surface area contributed by atoms with Gasteiger partial charge in [-0.25, -0.2) is 0 Å². The summed E-state index contributed by atoms with van der Waals surface area (Å²) in [7, 11) is 0. The SMILES string of the molecule is CC(C)OCCCN1C(=O)c2cc3occc3n2C[C@]1(C)C(=O)N[C@@H]1CCCC[C@H]1C. The molecule has 1 aliphatic heterocycles. The van der Waals surface area contributed by atoms with Crippen molar-refractivity contribution >= 4 is 22.9 Å². The lowest BCUT2D eigenvalue weighted by atomic mass is 9.85. The summed E-state index contributed by atoms with van der Waals surface area (Å²) in [5.41, 5.74) is 1.14. The fraction of sp³-hybridized carbons (Fsp3) is 0.667. The van der Waals surface area contributed by atoms with Gasteiger partial charge in [-0.15, -0.1) is 0 Å². The molecular formula is C24H35N3O4. The van der Waals surface area contributed by atoms with Crippen molar-refractivity contribution in [3.8, 4) is 0 Å². The number of nitrogens with zero attached hydrogens (tertiary/aromatic N) is 2. The Morgan fingerprint density at radius 1 is 1.35 bits per heavy atom. The number of nitrogens with one attached hydrogen (secondary N) is 1. The molecule has 1 N–H and O–H groups in total. The first-order valence-corrected chi connectivity index (χ1v) is 11.6. The molecule has 0 unspecified atom stereocenters. The zero-order chi connectivity index (χ0) is 22.2. The van der Waals surface area contributed by atoms with E-state index in [2.05, 4.69) is 12.2 Å². The van der Waals surface area contributed by atoms with Gasteiger partial charge >= 0.3 is 0 Å². The second-order valence-electron chi connectivity index (χ2n) is 9.63. The average molecular weight is 430 g/mol. The van der Waals surface area contributed by atoms with Crippen LogP contribution in [0.15, 0.2) is 22.8 Å². The van der Waals surface area contributed by atoms with Crippen molar-refractivity contribution in [1.82, 2.24) is 14.8 Å². The summed E-state index contributed by atoms with van der Waals surface area (Å²) in [6, 6.07) is 3.81. The number of carbonyl (C=O) groups excluding carboxylic acids is 2. The highest BCUT2D eigenvalue weighted by Crippen LogP contribution is 2.33. The Kier molecular flexibility index (Phi) is 6.15. The molecule has 31 heavy (non-hydrogen) atoms. The van der Waals surface area contributed by atoms with Gasteiger partial charge in [-0.05, 0) is 46.0 Å². The third-order valence-corrected chi connectivity index (χ3v) is 6.94. The Hall–Kier alpha value is -2.28. The normalized spacial score (nSPS) is 26.5. The lowest BCUT2D eigenvalue weighted by molar-refractivity contribution is -0.134. The van der Waals surface area contributed by atoms with Gasteiger partial charge in [0.25, 0.3) is 5.91 Å². The maximum atomic E-state index is 13.7. The Morgan fingerprint density at radius 2 is 2.13 bits per heavy atom. The number of furan rings is 1. The second kappa shape index (κ2) is 8.69. The van der Waals surface area contributed by atoms with Crippen LogP contribution < -0.4 is 5.32 Å². The number of carbonyl (C=O) groups is 2. The lowest BCUT2D eigenvalue weighted by Crippen LogP contribution is -2.65. The Morgan fingerprint density at radius 3 is 2.87 bits per heavy atom. The molecule has 0 radical (unpaired) electrons. The molecule has 0 saturated heterocycles. The van der Waals surface area contributed by atoms with E-state index in [-0.39, 0.29) is 24.0 Å². The van der Waals surface area contributed by atoms with E-state index in [1.807, 2.05) is 31.4 Å². The maximum absolute atomic E-state index is 13.7. The second-order valence-corrected chi connectivity index (χ2v) is 9.63. The van der Waals surface area contributed by atoms with Gasteiger partial charge in [0.05, 0.1) is 24.4 Å². The van der Waals surface area contributed by atoms with Crippen LogP contribution in [0.5, 0.6) is 0 Å². The van der Waals surface area contributed by atoms with Gasteiger partial charge in [0, 0.05) is 31.3 Å². The van der Waals surface area contributed by atoms with Crippen LogP contribution >= 0.6 is 0 Å². The third-order valence-electron chi connectivity index (χ3n) is 6.94. The first-order chi connectivity index (χ1) is 14.8. The fourth-order valence-electron chi connectivity index (χ4n) is 5.02. The van der Waals surface area contributed by atoms with Gasteiger partial charge in [-0.1, -0.05) is 19.8 Å². The van der Waals surface area contributed by atoms with Crippen molar-refractivity contribution in [1.29, 1.82) is 0 Å². The summed E-state index contributed by atoms with van der Waals surface area (Å²) in [5, 5.41) is 3.30. The van der Waals surface area contributed by atoms with Gasteiger partial charge in [-0.3, -0.25) is 9.59 Å². The summed E-state index contributed by atoms with van der Waals surface area (Å²) in [6.07, 6.45) is 6.94. The highest BCUT2D eigenvalue weighted by atomic mass is 16.5. The minimum Gasteiger partial charge on any atom is -0.463 e. The van der Waals surface area contributed by atoms with Crippen LogP contribution in [-0.4, -0.2) is 52.1 Å². The molecule has 2 aromatic heterocycles. The van der Waals surface area contributed by atoms with Gasteiger partial charge in [0.15, 0.2) is 5.58 Å². The molecule has 0 spiro atoms. The first kappa shape index (κ1) is 21.9. The van der Waals surface area contributed by atoms with E-state index in [0.29, 0.717) is 43.3 Å². The van der Waals surface area contributed by atoms with Gasteiger partial charge in [-0.2, -0.15) is 0 Å². The van der Waals surface area contributed by atoms with Crippen LogP contribution in [0, 0.1) is 5.92 Å². The zero-order valence-electron chi connectivity index (χ0n) is 19.1. The van der Waals surface area contributed by atoms with Crippen LogP contribution in [0.3, 0.4) is 0 Å². The third kappa shape index (κ3) is 4.12. The van der Waals surface area contributed by atoms with Crippen molar-refractivity contribution in [2.24, 2.45) is 5.92 Å². The zero-order valence-corrected chi connectivity index (χ0v) is 19.1. The Labute approximate surface area is 184 Å². The molecule has 1 aliphatic carbocycles. The largest absolute Gasteiger partial charge is 0.463 e. The van der Waals surface area contributed by atoms with Gasteiger partial charge in [0.2, 0.25) is 5.91 Å². The standard InChI is InChI=1S/C24H35N3O4/c1-16(2)30-12-7-11-27-22(28)20-14-21-19(10-13-31-21)26(20)15-24(27,4)23(29)25-18-9-6-5-8-17(18)3/h10,13-14,16-18H,5-9,11-12,15H2,1-4H3,(H,25,29)/t17-,18-,24-/m1/s1. The number of ether oxygens (including phenoxy) is 1. The maximum Gasteiger partial charge on any atom is 0.271 e. The summed E-state index contributed by atoms with van der Waals surface area (Å²) < 4.78 is 13.1. The summed E-state index contributed by atoms with van der Waals surface area (Å²) in [6.45, 7) is 9.54. The van der Waals surface area contributed by atoms with Crippen molar-refractivity contribution in [3.63, 3.8) is 0 Å². The van der Waals surface area contributed by atoms with E-state index in [0.717, 1.165) is 24.8 Å². The van der Waals surface area contributed by atoms with Crippen LogP contribution in [0.25, 0.3) is 11.1 Å². The van der Waals surface area contributed by atoms with Crippen LogP contribution in [-0.2, 0) is 16.1 Å². The lowest BCUT2D eigenvalue weighted by Gasteiger charge is -2.45. The van der Waals surface area contributed by atoms with Crippen LogP contribution in [0.4, 0.5) is 0 Å². The number of hydrogen-bond acceptors (Lipinski definition) is 4. The molecule has 2 amide bonds. The molecule has 3 heterocycles. The molecule has 0 bridgehead atoms. The smallest absolute Gasteiger partial charge is 0.271 e. The van der Waals surface area contributed by atoms with Crippen molar-refractivity contribution < 1.29 is 18.7 Å². The summed E-state index contributed by atoms with van der Waals surface area (Å²) >= 11 is 0. The predicted octanol–water partition coefficient (Wildman–Crippen LogP) is 3.96. The average Bonchev–Trinajstić information content (AvgIpc) is 3.31. The van der Waals surface area contributed by atoms with Gasteiger partial charge < -0.3 is 23.9 Å². The monoisotopic (exact) mass is 429 g/mol. The molecule has 1 saturated carbocycles. The van der Waals surface area contributed by atoms with Crippen molar-refractivity contribution in [3.05, 3.63) is 24.1 Å². The van der Waals surface area contributed by atoms with Crippen LogP contribution in [0.2, 0.25) is 0 Å². The molecule has 4 rings (SSSR count). The highest BCUT2D eigenvalue weighted by molar-refractivity contribution is 6.02. The molecule has 0 aromatic carbocycles. The summed E-state index contributed by atoms with van der Waals surface area (Å²) in [4.78, 5) is 28.9. The van der Waals surface area contributed by atoms with E-state index in [1.54, 1.807) is 17.2 Å². The molecule has 3 atom stereocenters. The highest BCUT2D eigenvalue weighted by Gasteiger charge is 2.48. The molecular weight excluding hydrogens is 394 g/mol. The topological polar surface area (TPSA) is 76.7 Å². The number of amides is 2. The van der Waals surface area contributed by atoms with Crippen molar-refractivity contribution in [2.45, 2.75) is 84.0 Å². The van der Waals surface area contributed by atoms with E-state index >= 15 is 0 Å². The van der Waals surface area contributed by atoms with Crippen LogP contribution in [0.1, 0.15) is 70.3 Å². The molecule has 7 heteroatoms. The quantitative estimate of drug-likeness (QED) is 0.676. The Bertz CT molecular complexity index is 946. The first-order valence-electron chi connectivity index (χ1n) is 11.6. The van der Waals surface area contributed by atoms with Gasteiger partial charge in [0.1, 0.15) is 11.2 Å². The number of hydrogen-bond donors (Lipinski definition) is 1. The number of rotatable bonds is 7. The predicted molar refractivity (Wildman–Crippen MR) is 119 cm³/mol. The molecule has 170 valence electrons. The summed E-state index contributed by atoms with van der Waals surface area (Å²) in [5.74, 6) is 0.258. The number of aromatic nitrogens is 1. The number of fused-ring (bicyclic) bond motifs is 3. The van der Waals surface area contributed by atoms with E-state index < -0.39 is 5.54 Å². The minimum atomic E-state index is -0.970. The molecule has 7 nitrogen and oxygen atoms in total. The van der Waals surface area contributed by atoms with Crippen molar-refractivity contribution in [2.75, 3.05) is 13.2 Å². The minimum absolute atomic E-state index is 0.0691. The molecule has 1 fully saturated rings. The van der Waals surface area contributed by atoms with E-state index in [9.17, 15) is 9.59 Å². The van der Waals surface area contributed by atoms with E-state index in [1.165, 1.54) is 6.42 Å². The molecule has 2 aromatic rings.